The average Bonchev–Trinajstić information content (AvgIpc) is 2.68. The van der Waals surface area contributed by atoms with E-state index in [1.807, 2.05) is 26.8 Å². The van der Waals surface area contributed by atoms with Crippen molar-refractivity contribution in [2.45, 2.75) is 32.2 Å². The molecule has 0 radical (unpaired) electrons. The van der Waals surface area contributed by atoms with Gasteiger partial charge in [0.1, 0.15) is 0 Å². The molecule has 0 bridgehead atoms. The molecule has 0 spiro atoms. The highest BCUT2D eigenvalue weighted by atomic mass is 80.0. The molecular formula is C13H14BrF3O3S. The lowest BCUT2D eigenvalue weighted by Crippen LogP contribution is -2.42. The van der Waals surface area contributed by atoms with Gasteiger partial charge in [-0.2, -0.15) is 0 Å². The molecule has 0 N–H and O–H groups in total. The third-order valence-corrected chi connectivity index (χ3v) is 5.15. The number of aryl methyl sites for hydroxylation is 1. The molecule has 1 aromatic carbocycles. The second kappa shape index (κ2) is 7.06. The van der Waals surface area contributed by atoms with E-state index in [-0.39, 0.29) is 5.92 Å². The zero-order valence-electron chi connectivity index (χ0n) is 11.5. The number of hydrogen-bond acceptors (Lipinski definition) is 3. The highest BCUT2D eigenvalue weighted by Gasteiger charge is 2.48. The summed E-state index contributed by atoms with van der Waals surface area (Å²) in [6, 6.07) is 6.89. The Bertz CT molecular complexity index is 606. The number of fused-ring (bicyclic) bond motifs is 1. The summed E-state index contributed by atoms with van der Waals surface area (Å²) >= 11 is -3.65. The lowest BCUT2D eigenvalue weighted by atomic mass is 10.1. The Morgan fingerprint density at radius 3 is 2.10 bits per heavy atom. The summed E-state index contributed by atoms with van der Waals surface area (Å²) in [5.74, 6) is -0.0771. The van der Waals surface area contributed by atoms with Crippen LogP contribution in [0.1, 0.15) is 30.2 Å². The van der Waals surface area contributed by atoms with Gasteiger partial charge in [-0.3, -0.25) is 0 Å². The van der Waals surface area contributed by atoms with E-state index in [1.54, 1.807) is 18.2 Å². The largest absolute Gasteiger partial charge is 0.600 e. The third kappa shape index (κ3) is 4.65. The van der Waals surface area contributed by atoms with Crippen molar-refractivity contribution in [1.82, 2.24) is 0 Å². The first kappa shape index (κ1) is 18.4. The van der Waals surface area contributed by atoms with Crippen molar-refractivity contribution in [1.29, 1.82) is 0 Å². The molecule has 2 rings (SSSR count). The number of hydrogen-bond donors (Lipinski definition) is 0. The predicted molar refractivity (Wildman–Crippen MR) is 66.6 cm³/mol. The standard InChI is InChI=1S/C13H14F3S.BrO3/c1-8(2)12-7-10-9(3)5-4-6-11(10)17(12)13(14,15)16;2-1(3)4/h4-8H,1-3H3;/q+1;-1. The molecule has 0 fully saturated rings. The minimum Gasteiger partial charge on any atom is -0.405 e. The first-order valence-corrected chi connectivity index (χ1v) is 9.07. The fraction of sp³-hybridized carbons (Fsp3) is 0.385. The summed E-state index contributed by atoms with van der Waals surface area (Å²) in [4.78, 5) is 0.502. The van der Waals surface area contributed by atoms with Crippen LogP contribution in [0.2, 0.25) is 0 Å². The molecule has 2 aromatic rings. The highest BCUT2D eigenvalue weighted by molar-refractivity contribution is 7.38. The molecular weight excluding hydrogens is 373 g/mol. The molecule has 8 heteroatoms. The van der Waals surface area contributed by atoms with E-state index in [0.29, 0.717) is 9.58 Å². The van der Waals surface area contributed by atoms with Crippen molar-refractivity contribution in [3.8, 4) is 0 Å². The Hall–Kier alpha value is -0.670. The van der Waals surface area contributed by atoms with Crippen molar-refractivity contribution in [3.05, 3.63) is 34.7 Å². The third-order valence-electron chi connectivity index (χ3n) is 2.83. The van der Waals surface area contributed by atoms with E-state index >= 15 is 0 Å². The van der Waals surface area contributed by atoms with Gasteiger partial charge in [-0.1, -0.05) is 26.0 Å². The fourth-order valence-electron chi connectivity index (χ4n) is 2.01. The van der Waals surface area contributed by atoms with Gasteiger partial charge in [0.25, 0.3) is 0 Å². The lowest BCUT2D eigenvalue weighted by molar-refractivity contribution is -1.73. The highest BCUT2D eigenvalue weighted by Crippen LogP contribution is 2.53. The minimum absolute atomic E-state index is 0.0771. The van der Waals surface area contributed by atoms with Gasteiger partial charge in [0.05, 0.1) is 10.5 Å². The van der Waals surface area contributed by atoms with E-state index in [0.717, 1.165) is 10.9 Å². The predicted octanol–water partition coefficient (Wildman–Crippen LogP) is 1.93. The van der Waals surface area contributed by atoms with E-state index in [9.17, 15) is 13.2 Å². The van der Waals surface area contributed by atoms with Crippen LogP contribution in [0, 0.1) is 21.7 Å². The van der Waals surface area contributed by atoms with E-state index in [4.69, 9.17) is 12.6 Å². The van der Waals surface area contributed by atoms with Gasteiger partial charge in [0, 0.05) is 17.4 Å². The first-order chi connectivity index (χ1) is 9.55. The zero-order chi connectivity index (χ0) is 16.4. The van der Waals surface area contributed by atoms with Crippen LogP contribution in [0.5, 0.6) is 0 Å². The molecule has 1 unspecified atom stereocenters. The van der Waals surface area contributed by atoms with Crippen molar-refractivity contribution in [3.63, 3.8) is 0 Å². The van der Waals surface area contributed by atoms with E-state index in [2.05, 4.69) is 0 Å². The van der Waals surface area contributed by atoms with Crippen molar-refractivity contribution in [2.75, 3.05) is 0 Å². The molecule has 1 atom stereocenters. The quantitative estimate of drug-likeness (QED) is 0.703. The smallest absolute Gasteiger partial charge is 0.405 e. The molecule has 0 saturated carbocycles. The normalized spacial score (nSPS) is 12.8. The molecule has 1 heterocycles. The Morgan fingerprint density at radius 1 is 1.14 bits per heavy atom. The molecule has 0 aliphatic rings. The van der Waals surface area contributed by atoms with Crippen LogP contribution < -0.4 is 12.6 Å². The number of alkyl halides is 3. The van der Waals surface area contributed by atoms with Crippen LogP contribution >= 0.6 is 10.5 Å². The number of benzene rings is 1. The van der Waals surface area contributed by atoms with Crippen LogP contribution in [0.3, 0.4) is 0 Å². The molecule has 0 aliphatic carbocycles. The zero-order valence-corrected chi connectivity index (χ0v) is 13.9. The maximum atomic E-state index is 13.2. The monoisotopic (exact) mass is 386 g/mol. The molecule has 21 heavy (non-hydrogen) atoms. The number of halogens is 4. The molecule has 1 aromatic heterocycles. The first-order valence-electron chi connectivity index (χ1n) is 5.91. The maximum absolute atomic E-state index is 13.2. The van der Waals surface area contributed by atoms with E-state index in [1.165, 1.54) is 0 Å². The topological polar surface area (TPSA) is 69.2 Å². The molecule has 118 valence electrons. The fourth-order valence-corrected chi connectivity index (χ4v) is 4.14. The Morgan fingerprint density at radius 2 is 1.67 bits per heavy atom. The summed E-state index contributed by atoms with van der Waals surface area (Å²) in [5.41, 5.74) is -3.25. The summed E-state index contributed by atoms with van der Waals surface area (Å²) in [5, 5.41) is 0.761. The maximum Gasteiger partial charge on any atom is 0.600 e. The Balaban J connectivity index is 0.000000491. The van der Waals surface area contributed by atoms with Crippen molar-refractivity contribution in [2.24, 2.45) is 0 Å². The van der Waals surface area contributed by atoms with Crippen LogP contribution in [0.15, 0.2) is 24.3 Å². The van der Waals surface area contributed by atoms with E-state index < -0.39 is 30.8 Å². The van der Waals surface area contributed by atoms with Crippen LogP contribution in [-0.2, 0) is 5.51 Å². The van der Waals surface area contributed by atoms with Crippen LogP contribution in [-0.4, -0.2) is 0 Å². The van der Waals surface area contributed by atoms with Gasteiger partial charge < -0.3 is 12.6 Å². The van der Waals surface area contributed by atoms with Crippen molar-refractivity contribution >= 4 is 20.6 Å². The van der Waals surface area contributed by atoms with Crippen LogP contribution in [0.25, 0.3) is 10.1 Å². The number of rotatable bonds is 1. The summed E-state index contributed by atoms with van der Waals surface area (Å²) in [7, 11) is -1.74. The van der Waals surface area contributed by atoms with Gasteiger partial charge in [0.15, 0.2) is 9.58 Å². The second-order valence-corrected chi connectivity index (χ2v) is 7.41. The van der Waals surface area contributed by atoms with Crippen molar-refractivity contribution < 1.29 is 40.6 Å². The summed E-state index contributed by atoms with van der Waals surface area (Å²) in [6.07, 6.45) is 0. The minimum atomic E-state index is -4.17. The number of thiophene rings is 1. The second-order valence-electron chi connectivity index (χ2n) is 4.63. The van der Waals surface area contributed by atoms with Gasteiger partial charge >= 0.3 is 5.51 Å². The Kier molecular flexibility index (Phi) is 6.18. The average molecular weight is 387 g/mol. The molecule has 0 saturated heterocycles. The van der Waals surface area contributed by atoms with Gasteiger partial charge in [-0.05, 0) is 18.6 Å². The Labute approximate surface area is 128 Å². The van der Waals surface area contributed by atoms with Crippen LogP contribution in [0.4, 0.5) is 13.2 Å². The van der Waals surface area contributed by atoms with Gasteiger partial charge in [0.2, 0.25) is 14.8 Å². The lowest BCUT2D eigenvalue weighted by Gasteiger charge is -2.02. The molecule has 0 amide bonds. The van der Waals surface area contributed by atoms with Gasteiger partial charge in [-0.25, -0.2) is 0 Å². The van der Waals surface area contributed by atoms with Gasteiger partial charge in [-0.15, -0.1) is 13.2 Å². The summed E-state index contributed by atoms with van der Waals surface area (Å²) < 4.78 is 65.5. The molecule has 0 aliphatic heterocycles. The molecule has 3 nitrogen and oxygen atoms in total. The summed E-state index contributed by atoms with van der Waals surface area (Å²) in [6.45, 7) is 5.49. The SMILES string of the molecule is Cc1cccc2c1cc(C(C)C)[s+]2C(F)(F)F.[O-][Br+2]([O-])[O-].